The number of halogens is 2. The Morgan fingerprint density at radius 1 is 1.17 bits per heavy atom. The van der Waals surface area contributed by atoms with Crippen LogP contribution in [-0.2, 0) is 6.54 Å². The monoisotopic (exact) mass is 417 g/mol. The summed E-state index contributed by atoms with van der Waals surface area (Å²) in [5.74, 6) is -0.560. The molecular formula is C19H13ClFN3O5. The Morgan fingerprint density at radius 3 is 2.76 bits per heavy atom. The van der Waals surface area contributed by atoms with Crippen LogP contribution in [0.2, 0.25) is 5.02 Å². The molecule has 3 aromatic rings. The fourth-order valence-corrected chi connectivity index (χ4v) is 2.98. The van der Waals surface area contributed by atoms with E-state index in [1.807, 2.05) is 0 Å². The summed E-state index contributed by atoms with van der Waals surface area (Å²) < 4.78 is 25.3. The number of rotatable bonds is 4. The summed E-state index contributed by atoms with van der Waals surface area (Å²) in [7, 11) is 0. The summed E-state index contributed by atoms with van der Waals surface area (Å²) in [6, 6.07) is 8.68. The van der Waals surface area contributed by atoms with E-state index >= 15 is 0 Å². The predicted octanol–water partition coefficient (Wildman–Crippen LogP) is 2.36. The summed E-state index contributed by atoms with van der Waals surface area (Å²) in [6.45, 7) is -0.00251. The van der Waals surface area contributed by atoms with Gasteiger partial charge in [-0.1, -0.05) is 17.7 Å². The van der Waals surface area contributed by atoms with Crippen LogP contribution in [0.4, 0.5) is 10.1 Å². The minimum Gasteiger partial charge on any atom is -0.454 e. The van der Waals surface area contributed by atoms with Gasteiger partial charge >= 0.3 is 5.69 Å². The zero-order valence-electron chi connectivity index (χ0n) is 14.7. The van der Waals surface area contributed by atoms with E-state index in [0.29, 0.717) is 17.1 Å². The lowest BCUT2D eigenvalue weighted by Crippen LogP contribution is -2.39. The molecule has 1 amide bonds. The van der Waals surface area contributed by atoms with Gasteiger partial charge in [-0.3, -0.25) is 14.2 Å². The maximum absolute atomic E-state index is 13.9. The third-order valence-electron chi connectivity index (χ3n) is 4.26. The van der Waals surface area contributed by atoms with Crippen LogP contribution < -0.4 is 26.0 Å². The van der Waals surface area contributed by atoms with Gasteiger partial charge in [0.1, 0.15) is 11.4 Å². The normalized spacial score (nSPS) is 12.1. The lowest BCUT2D eigenvalue weighted by Gasteiger charge is -2.09. The molecule has 0 fully saturated rings. The number of nitrogens with one attached hydrogen (secondary N) is 2. The summed E-state index contributed by atoms with van der Waals surface area (Å²) >= 11 is 5.68. The number of fused-ring (bicyclic) bond motifs is 1. The van der Waals surface area contributed by atoms with E-state index in [-0.39, 0.29) is 29.6 Å². The molecule has 0 atom stereocenters. The molecule has 4 rings (SSSR count). The van der Waals surface area contributed by atoms with Crippen molar-refractivity contribution in [2.75, 3.05) is 12.1 Å². The van der Waals surface area contributed by atoms with Crippen molar-refractivity contribution in [3.8, 4) is 11.5 Å². The minimum absolute atomic E-state index is 0.0935. The zero-order valence-corrected chi connectivity index (χ0v) is 15.5. The highest BCUT2D eigenvalue weighted by Crippen LogP contribution is 2.32. The van der Waals surface area contributed by atoms with Crippen molar-refractivity contribution in [1.82, 2.24) is 9.55 Å². The first-order chi connectivity index (χ1) is 13.9. The Labute approximate surface area is 167 Å². The van der Waals surface area contributed by atoms with E-state index in [9.17, 15) is 18.8 Å². The molecule has 2 aromatic carbocycles. The number of ether oxygens (including phenoxy) is 2. The summed E-state index contributed by atoms with van der Waals surface area (Å²) in [5.41, 5.74) is -1.41. The van der Waals surface area contributed by atoms with Crippen molar-refractivity contribution in [2.45, 2.75) is 6.54 Å². The second-order valence-electron chi connectivity index (χ2n) is 6.16. The molecular weight excluding hydrogens is 405 g/mol. The second kappa shape index (κ2) is 7.44. The van der Waals surface area contributed by atoms with Gasteiger partial charge in [0.2, 0.25) is 6.79 Å². The average molecular weight is 418 g/mol. The first kappa shape index (κ1) is 18.8. The number of carbonyl (C=O) groups excluding carboxylic acids is 1. The number of nitrogens with zero attached hydrogens (tertiary/aromatic N) is 1. The van der Waals surface area contributed by atoms with Crippen molar-refractivity contribution >= 4 is 23.2 Å². The van der Waals surface area contributed by atoms with Gasteiger partial charge in [-0.2, -0.15) is 0 Å². The first-order valence-electron chi connectivity index (χ1n) is 8.40. The Kier molecular flexibility index (Phi) is 4.81. The van der Waals surface area contributed by atoms with Gasteiger partial charge in [0.25, 0.3) is 11.5 Å². The van der Waals surface area contributed by atoms with Crippen LogP contribution in [0.3, 0.4) is 0 Å². The van der Waals surface area contributed by atoms with Gasteiger partial charge < -0.3 is 19.8 Å². The third-order valence-corrected chi connectivity index (χ3v) is 4.50. The van der Waals surface area contributed by atoms with E-state index in [4.69, 9.17) is 21.1 Å². The fourth-order valence-electron chi connectivity index (χ4n) is 2.82. The lowest BCUT2D eigenvalue weighted by molar-refractivity contribution is 0.102. The van der Waals surface area contributed by atoms with E-state index in [1.165, 1.54) is 12.1 Å². The molecule has 10 heteroatoms. The summed E-state index contributed by atoms with van der Waals surface area (Å²) in [4.78, 5) is 39.7. The second-order valence-corrected chi connectivity index (χ2v) is 6.60. The molecule has 0 saturated heterocycles. The molecule has 1 aromatic heterocycles. The SMILES string of the molecule is O=C(Nc1ccc(Cl)cc1F)c1c[nH]c(=O)n(Cc2ccc3c(c2)OCO3)c1=O. The molecule has 0 unspecified atom stereocenters. The van der Waals surface area contributed by atoms with Gasteiger partial charge in [0.15, 0.2) is 11.5 Å². The van der Waals surface area contributed by atoms with Crippen LogP contribution in [0.15, 0.2) is 52.2 Å². The molecule has 8 nitrogen and oxygen atoms in total. The van der Waals surface area contributed by atoms with Gasteiger partial charge in [0, 0.05) is 11.2 Å². The summed E-state index contributed by atoms with van der Waals surface area (Å²) in [5, 5.41) is 2.46. The lowest BCUT2D eigenvalue weighted by atomic mass is 10.2. The highest BCUT2D eigenvalue weighted by atomic mass is 35.5. The Balaban J connectivity index is 1.63. The van der Waals surface area contributed by atoms with Crippen LogP contribution in [0, 0.1) is 5.82 Å². The molecule has 0 radical (unpaired) electrons. The van der Waals surface area contributed by atoms with E-state index in [2.05, 4.69) is 10.3 Å². The molecule has 0 spiro atoms. The molecule has 2 N–H and O–H groups in total. The molecule has 148 valence electrons. The van der Waals surface area contributed by atoms with Gasteiger partial charge in [-0.05, 0) is 35.9 Å². The third kappa shape index (κ3) is 3.72. The standard InChI is InChI=1S/C19H13ClFN3O5/c20-11-2-3-14(13(21)6-11)23-17(25)12-7-22-19(27)24(18(12)26)8-10-1-4-15-16(5-10)29-9-28-15/h1-7H,8-9H2,(H,22,27)(H,23,25). The maximum atomic E-state index is 13.9. The fraction of sp³-hybridized carbons (Fsp3) is 0.105. The van der Waals surface area contributed by atoms with E-state index in [0.717, 1.165) is 16.8 Å². The quantitative estimate of drug-likeness (QED) is 0.678. The number of benzene rings is 2. The van der Waals surface area contributed by atoms with Crippen LogP contribution >= 0.6 is 11.6 Å². The number of aromatic amines is 1. The van der Waals surface area contributed by atoms with Crippen molar-refractivity contribution in [1.29, 1.82) is 0 Å². The van der Waals surface area contributed by atoms with Crippen molar-refractivity contribution < 1.29 is 18.7 Å². The van der Waals surface area contributed by atoms with Crippen LogP contribution in [-0.4, -0.2) is 22.3 Å². The topological polar surface area (TPSA) is 102 Å². The van der Waals surface area contributed by atoms with Crippen LogP contribution in [0.5, 0.6) is 11.5 Å². The molecule has 0 aliphatic carbocycles. The number of amides is 1. The maximum Gasteiger partial charge on any atom is 0.328 e. The molecule has 1 aliphatic rings. The first-order valence-corrected chi connectivity index (χ1v) is 8.77. The molecule has 0 bridgehead atoms. The van der Waals surface area contributed by atoms with Crippen molar-refractivity contribution in [2.24, 2.45) is 0 Å². The Bertz CT molecular complexity index is 1240. The zero-order chi connectivity index (χ0) is 20.5. The largest absolute Gasteiger partial charge is 0.454 e. The number of anilines is 1. The number of hydrogen-bond donors (Lipinski definition) is 2. The number of H-pyrrole nitrogens is 1. The van der Waals surface area contributed by atoms with Gasteiger partial charge in [-0.25, -0.2) is 9.18 Å². The Hall–Kier alpha value is -3.59. The number of hydrogen-bond acceptors (Lipinski definition) is 5. The van der Waals surface area contributed by atoms with Crippen molar-refractivity contribution in [3.63, 3.8) is 0 Å². The predicted molar refractivity (Wildman–Crippen MR) is 102 cm³/mol. The van der Waals surface area contributed by atoms with Gasteiger partial charge in [0.05, 0.1) is 12.2 Å². The summed E-state index contributed by atoms with van der Waals surface area (Å²) in [6.07, 6.45) is 0.990. The van der Waals surface area contributed by atoms with Crippen LogP contribution in [0.1, 0.15) is 15.9 Å². The Morgan fingerprint density at radius 2 is 1.97 bits per heavy atom. The molecule has 1 aliphatic heterocycles. The minimum atomic E-state index is -0.869. The molecule has 2 heterocycles. The van der Waals surface area contributed by atoms with E-state index in [1.54, 1.807) is 18.2 Å². The van der Waals surface area contributed by atoms with E-state index < -0.39 is 23.0 Å². The highest BCUT2D eigenvalue weighted by Gasteiger charge is 2.18. The number of carbonyl (C=O) groups is 1. The van der Waals surface area contributed by atoms with Crippen LogP contribution in [0.25, 0.3) is 0 Å². The van der Waals surface area contributed by atoms with Gasteiger partial charge in [-0.15, -0.1) is 0 Å². The number of aromatic nitrogens is 2. The highest BCUT2D eigenvalue weighted by molar-refractivity contribution is 6.30. The molecule has 29 heavy (non-hydrogen) atoms. The average Bonchev–Trinajstić information content (AvgIpc) is 3.15. The molecule has 0 saturated carbocycles. The smallest absolute Gasteiger partial charge is 0.328 e. The van der Waals surface area contributed by atoms with Crippen molar-refractivity contribution in [3.05, 3.63) is 85.4 Å².